The van der Waals surface area contributed by atoms with E-state index in [4.69, 9.17) is 28.2 Å². The summed E-state index contributed by atoms with van der Waals surface area (Å²) in [7, 11) is 0. The van der Waals surface area contributed by atoms with Gasteiger partial charge in [0.2, 0.25) is 0 Å². The van der Waals surface area contributed by atoms with E-state index in [1.165, 1.54) is 17.7 Å². The molecule has 0 atom stereocenters. The first-order chi connectivity index (χ1) is 15.1. The largest absolute Gasteiger partial charge is 0.369 e. The fourth-order valence-corrected chi connectivity index (χ4v) is 5.19. The lowest BCUT2D eigenvalue weighted by Crippen LogP contribution is -2.54. The van der Waals surface area contributed by atoms with Crippen LogP contribution < -0.4 is 21.2 Å². The normalized spacial score (nSPS) is 14.5. The summed E-state index contributed by atoms with van der Waals surface area (Å²) in [4.78, 5) is 27.6. The van der Waals surface area contributed by atoms with Gasteiger partial charge in [0.15, 0.2) is 0 Å². The molecule has 4 heterocycles. The number of aromatic nitrogens is 4. The summed E-state index contributed by atoms with van der Waals surface area (Å²) in [6, 6.07) is 5.35. The van der Waals surface area contributed by atoms with Crippen LogP contribution in [0.5, 0.6) is 0 Å². The van der Waals surface area contributed by atoms with E-state index < -0.39 is 0 Å². The standard InChI is InChI=1S/C20H19Cl2N7OS/c21-12-2-1-3-14-16(12)20(30)29(28-8-6-23-7-9-28)15(27-14)4-5-24-18-17-13(22)10-31-19(17)26-11-25-18/h1-3,10-11,23H,4-9H2,(H,24,25,26). The number of nitrogens with one attached hydrogen (secondary N) is 2. The Labute approximate surface area is 191 Å². The summed E-state index contributed by atoms with van der Waals surface area (Å²) in [5.41, 5.74) is 0.460. The summed E-state index contributed by atoms with van der Waals surface area (Å²) in [6.07, 6.45) is 2.04. The minimum Gasteiger partial charge on any atom is -0.369 e. The first kappa shape index (κ1) is 20.4. The van der Waals surface area contributed by atoms with Gasteiger partial charge in [0.25, 0.3) is 5.56 Å². The quantitative estimate of drug-likeness (QED) is 0.458. The highest BCUT2D eigenvalue weighted by Crippen LogP contribution is 2.32. The minimum absolute atomic E-state index is 0.141. The number of piperazine rings is 1. The van der Waals surface area contributed by atoms with Crippen LogP contribution in [0, 0.1) is 0 Å². The van der Waals surface area contributed by atoms with Gasteiger partial charge in [-0.15, -0.1) is 11.3 Å². The Balaban J connectivity index is 1.49. The number of nitrogens with zero attached hydrogens (tertiary/aromatic N) is 5. The van der Waals surface area contributed by atoms with Gasteiger partial charge in [-0.3, -0.25) is 4.79 Å². The van der Waals surface area contributed by atoms with Crippen molar-refractivity contribution in [3.05, 3.63) is 56.1 Å². The summed E-state index contributed by atoms with van der Waals surface area (Å²) < 4.78 is 1.68. The van der Waals surface area contributed by atoms with E-state index in [0.29, 0.717) is 45.6 Å². The maximum absolute atomic E-state index is 13.4. The van der Waals surface area contributed by atoms with Crippen LogP contribution in [0.2, 0.25) is 10.0 Å². The van der Waals surface area contributed by atoms with E-state index in [9.17, 15) is 4.79 Å². The van der Waals surface area contributed by atoms with Crippen molar-refractivity contribution in [1.82, 2.24) is 24.9 Å². The molecule has 3 aromatic heterocycles. The van der Waals surface area contributed by atoms with Crippen molar-refractivity contribution >= 4 is 61.5 Å². The van der Waals surface area contributed by atoms with E-state index >= 15 is 0 Å². The number of anilines is 1. The third kappa shape index (κ3) is 3.82. The van der Waals surface area contributed by atoms with Crippen LogP contribution in [0.4, 0.5) is 5.82 Å². The van der Waals surface area contributed by atoms with E-state index in [2.05, 4.69) is 20.6 Å². The summed E-state index contributed by atoms with van der Waals surface area (Å²) in [5, 5.41) is 12.8. The molecule has 2 N–H and O–H groups in total. The second-order valence-corrected chi connectivity index (χ2v) is 8.82. The van der Waals surface area contributed by atoms with Crippen molar-refractivity contribution < 1.29 is 0 Å². The van der Waals surface area contributed by atoms with Gasteiger partial charge >= 0.3 is 0 Å². The molecule has 11 heteroatoms. The number of hydrogen-bond acceptors (Lipinski definition) is 8. The van der Waals surface area contributed by atoms with Gasteiger partial charge in [-0.2, -0.15) is 0 Å². The molecule has 5 rings (SSSR count). The highest BCUT2D eigenvalue weighted by Gasteiger charge is 2.20. The molecule has 1 saturated heterocycles. The summed E-state index contributed by atoms with van der Waals surface area (Å²) in [6.45, 7) is 3.58. The van der Waals surface area contributed by atoms with Crippen LogP contribution in [-0.4, -0.2) is 52.4 Å². The fraction of sp³-hybridized carbons (Fsp3) is 0.300. The van der Waals surface area contributed by atoms with Crippen molar-refractivity contribution in [2.75, 3.05) is 43.0 Å². The highest BCUT2D eigenvalue weighted by atomic mass is 35.5. The van der Waals surface area contributed by atoms with Gasteiger partial charge in [-0.25, -0.2) is 19.6 Å². The molecule has 1 aliphatic rings. The Morgan fingerprint density at radius 3 is 2.81 bits per heavy atom. The van der Waals surface area contributed by atoms with Gasteiger partial charge < -0.3 is 15.6 Å². The van der Waals surface area contributed by atoms with Crippen LogP contribution in [0.1, 0.15) is 5.82 Å². The molecule has 1 aliphatic heterocycles. The molecule has 0 bridgehead atoms. The zero-order valence-corrected chi connectivity index (χ0v) is 18.8. The molecule has 31 heavy (non-hydrogen) atoms. The molecule has 160 valence electrons. The van der Waals surface area contributed by atoms with Crippen LogP contribution in [0.25, 0.3) is 21.1 Å². The van der Waals surface area contributed by atoms with Crippen molar-refractivity contribution in [1.29, 1.82) is 0 Å². The van der Waals surface area contributed by atoms with Crippen molar-refractivity contribution in [3.63, 3.8) is 0 Å². The molecule has 0 aliphatic carbocycles. The molecule has 0 saturated carbocycles. The van der Waals surface area contributed by atoms with E-state index in [0.717, 1.165) is 36.4 Å². The van der Waals surface area contributed by atoms with E-state index in [1.807, 2.05) is 22.5 Å². The third-order valence-electron chi connectivity index (χ3n) is 5.23. The monoisotopic (exact) mass is 475 g/mol. The number of thiophene rings is 1. The Kier molecular flexibility index (Phi) is 5.66. The van der Waals surface area contributed by atoms with Crippen molar-refractivity contribution in [2.24, 2.45) is 0 Å². The lowest BCUT2D eigenvalue weighted by atomic mass is 10.2. The lowest BCUT2D eigenvalue weighted by Gasteiger charge is -2.32. The molecule has 0 radical (unpaired) electrons. The highest BCUT2D eigenvalue weighted by molar-refractivity contribution is 7.17. The second-order valence-electron chi connectivity index (χ2n) is 7.15. The predicted molar refractivity (Wildman–Crippen MR) is 126 cm³/mol. The number of benzene rings is 1. The molecule has 0 unspecified atom stereocenters. The predicted octanol–water partition coefficient (Wildman–Crippen LogP) is 2.90. The van der Waals surface area contributed by atoms with Crippen LogP contribution in [0.3, 0.4) is 0 Å². The third-order valence-corrected chi connectivity index (χ3v) is 6.86. The SMILES string of the molecule is O=c1c2c(Cl)cccc2nc(CCNc2ncnc3scc(Cl)c23)n1N1CCNCC1. The number of rotatable bonds is 5. The number of fused-ring (bicyclic) bond motifs is 2. The van der Waals surface area contributed by atoms with Crippen LogP contribution >= 0.6 is 34.5 Å². The lowest BCUT2D eigenvalue weighted by molar-refractivity contribution is 0.467. The first-order valence-electron chi connectivity index (χ1n) is 9.91. The zero-order chi connectivity index (χ0) is 21.4. The summed E-state index contributed by atoms with van der Waals surface area (Å²) in [5.74, 6) is 1.35. The zero-order valence-electron chi connectivity index (χ0n) is 16.4. The molecular weight excluding hydrogens is 457 g/mol. The average molecular weight is 476 g/mol. The molecule has 1 fully saturated rings. The Hall–Kier alpha value is -2.46. The molecule has 0 amide bonds. The van der Waals surface area contributed by atoms with Gasteiger partial charge in [-0.1, -0.05) is 29.3 Å². The maximum atomic E-state index is 13.4. The topological polar surface area (TPSA) is 88.0 Å². The Bertz CT molecular complexity index is 1320. The maximum Gasteiger partial charge on any atom is 0.281 e. The molecule has 1 aromatic carbocycles. The van der Waals surface area contributed by atoms with Crippen molar-refractivity contribution in [2.45, 2.75) is 6.42 Å². The smallest absolute Gasteiger partial charge is 0.281 e. The second kappa shape index (κ2) is 8.58. The molecule has 0 spiro atoms. The van der Waals surface area contributed by atoms with Gasteiger partial charge in [0.1, 0.15) is 22.8 Å². The van der Waals surface area contributed by atoms with Crippen LogP contribution in [0.15, 0.2) is 34.7 Å². The van der Waals surface area contributed by atoms with Crippen molar-refractivity contribution in [3.8, 4) is 0 Å². The van der Waals surface area contributed by atoms with Gasteiger partial charge in [0, 0.05) is 44.5 Å². The Morgan fingerprint density at radius 2 is 1.97 bits per heavy atom. The first-order valence-corrected chi connectivity index (χ1v) is 11.5. The minimum atomic E-state index is -0.141. The molecule has 4 aromatic rings. The van der Waals surface area contributed by atoms with Gasteiger partial charge in [0.05, 0.1) is 26.3 Å². The van der Waals surface area contributed by atoms with Crippen LogP contribution in [-0.2, 0) is 6.42 Å². The number of hydrogen-bond donors (Lipinski definition) is 2. The Morgan fingerprint density at radius 1 is 1.13 bits per heavy atom. The van der Waals surface area contributed by atoms with E-state index in [-0.39, 0.29) is 5.56 Å². The molecule has 8 nitrogen and oxygen atoms in total. The van der Waals surface area contributed by atoms with E-state index in [1.54, 1.807) is 10.7 Å². The fourth-order valence-electron chi connectivity index (χ4n) is 3.80. The summed E-state index contributed by atoms with van der Waals surface area (Å²) >= 11 is 14.1. The average Bonchev–Trinajstić information content (AvgIpc) is 3.16. The number of halogens is 2. The molecular formula is C20H19Cl2N7OS. The van der Waals surface area contributed by atoms with Gasteiger partial charge in [-0.05, 0) is 12.1 Å².